The topological polar surface area (TPSA) is 113 Å². The smallest absolute Gasteiger partial charge is 0.289 e. The Morgan fingerprint density at radius 3 is 2.39 bits per heavy atom. The zero-order valence-corrected chi connectivity index (χ0v) is 18.4. The van der Waals surface area contributed by atoms with Gasteiger partial charge < -0.3 is 25.7 Å². The standard InChI is InChI=1S/C23H30N6O2/c1-15-19-17(26-27-22(24)25)13-23(2,3)14-18(19)31-20(15)21(30)29-11-9-28(10-12-29)16-7-5-4-6-8-16/h4-8H,9-14H2,1-3H3,(H4,24,25,27)/b26-17-. The van der Waals surface area contributed by atoms with Crippen LogP contribution in [0.4, 0.5) is 5.69 Å². The predicted octanol–water partition coefficient (Wildman–Crippen LogP) is 2.50. The van der Waals surface area contributed by atoms with E-state index in [1.165, 1.54) is 5.69 Å². The number of hydrogen-bond acceptors (Lipinski definition) is 5. The normalized spacial score (nSPS) is 19.3. The molecule has 8 heteroatoms. The summed E-state index contributed by atoms with van der Waals surface area (Å²) < 4.78 is 6.14. The molecule has 1 saturated heterocycles. The van der Waals surface area contributed by atoms with Crippen LogP contribution < -0.4 is 16.4 Å². The van der Waals surface area contributed by atoms with Crippen molar-refractivity contribution in [3.05, 3.63) is 53.0 Å². The molecule has 4 N–H and O–H groups in total. The molecule has 2 aromatic rings. The van der Waals surface area contributed by atoms with Crippen molar-refractivity contribution in [2.24, 2.45) is 27.1 Å². The summed E-state index contributed by atoms with van der Waals surface area (Å²) in [4.78, 5) is 17.5. The second-order valence-electron chi connectivity index (χ2n) is 9.06. The molecule has 1 aliphatic carbocycles. The Labute approximate surface area is 182 Å². The third-order valence-electron chi connectivity index (χ3n) is 5.96. The lowest BCUT2D eigenvalue weighted by Crippen LogP contribution is -2.48. The number of furan rings is 1. The number of amides is 1. The number of anilines is 1. The second-order valence-corrected chi connectivity index (χ2v) is 9.06. The first-order chi connectivity index (χ1) is 14.7. The Bertz CT molecular complexity index is 1030. The van der Waals surface area contributed by atoms with E-state index in [4.69, 9.17) is 15.9 Å². The summed E-state index contributed by atoms with van der Waals surface area (Å²) in [6, 6.07) is 10.3. The van der Waals surface area contributed by atoms with Gasteiger partial charge in [-0.1, -0.05) is 32.0 Å². The van der Waals surface area contributed by atoms with Gasteiger partial charge in [-0.25, -0.2) is 0 Å². The van der Waals surface area contributed by atoms with Gasteiger partial charge in [0.05, 0.1) is 5.71 Å². The zero-order valence-electron chi connectivity index (χ0n) is 18.4. The maximum atomic E-state index is 13.3. The number of carbonyl (C=O) groups excluding carboxylic acids is 1. The third kappa shape index (κ3) is 4.28. The monoisotopic (exact) mass is 422 g/mol. The minimum absolute atomic E-state index is 0.0589. The van der Waals surface area contributed by atoms with E-state index in [1.54, 1.807) is 0 Å². The van der Waals surface area contributed by atoms with E-state index in [1.807, 2.05) is 30.0 Å². The number of piperazine rings is 1. The molecule has 2 aliphatic rings. The predicted molar refractivity (Wildman–Crippen MR) is 122 cm³/mol. The Hall–Kier alpha value is -3.29. The van der Waals surface area contributed by atoms with Gasteiger partial charge in [-0.05, 0) is 30.9 Å². The average Bonchev–Trinajstić information content (AvgIpc) is 3.07. The quantitative estimate of drug-likeness (QED) is 0.448. The Morgan fingerprint density at radius 1 is 1.06 bits per heavy atom. The first kappa shape index (κ1) is 21.0. The fourth-order valence-corrected chi connectivity index (χ4v) is 4.47. The fraction of sp³-hybridized carbons (Fsp3) is 0.435. The molecule has 1 aromatic heterocycles. The van der Waals surface area contributed by atoms with Crippen molar-refractivity contribution in [1.82, 2.24) is 4.90 Å². The van der Waals surface area contributed by atoms with E-state index < -0.39 is 0 Å². The van der Waals surface area contributed by atoms with Gasteiger partial charge in [0.25, 0.3) is 5.91 Å². The van der Waals surface area contributed by atoms with Gasteiger partial charge >= 0.3 is 0 Å². The number of benzene rings is 1. The highest BCUT2D eigenvalue weighted by molar-refractivity contribution is 6.07. The molecule has 1 aromatic carbocycles. The fourth-order valence-electron chi connectivity index (χ4n) is 4.47. The summed E-state index contributed by atoms with van der Waals surface area (Å²) in [5, 5.41) is 8.12. The van der Waals surface area contributed by atoms with E-state index in [0.29, 0.717) is 25.3 Å². The van der Waals surface area contributed by atoms with Gasteiger partial charge in [-0.15, -0.1) is 5.10 Å². The summed E-state index contributed by atoms with van der Waals surface area (Å²) in [6.07, 6.45) is 1.44. The van der Waals surface area contributed by atoms with Crippen LogP contribution in [-0.4, -0.2) is 48.7 Å². The Kier molecular flexibility index (Phi) is 5.47. The van der Waals surface area contributed by atoms with Crippen molar-refractivity contribution in [2.75, 3.05) is 31.1 Å². The van der Waals surface area contributed by atoms with E-state index in [-0.39, 0.29) is 17.3 Å². The lowest BCUT2D eigenvalue weighted by atomic mass is 9.75. The number of hydrogen-bond donors (Lipinski definition) is 2. The van der Waals surface area contributed by atoms with Crippen molar-refractivity contribution in [3.8, 4) is 0 Å². The maximum absolute atomic E-state index is 13.3. The van der Waals surface area contributed by atoms with E-state index in [9.17, 15) is 4.79 Å². The van der Waals surface area contributed by atoms with Crippen molar-refractivity contribution >= 4 is 23.3 Å². The zero-order chi connectivity index (χ0) is 22.2. The number of fused-ring (bicyclic) bond motifs is 1. The number of para-hydroxylation sites is 1. The van der Waals surface area contributed by atoms with Crippen LogP contribution in [0.15, 0.2) is 45.0 Å². The van der Waals surface area contributed by atoms with Gasteiger partial charge in [-0.2, -0.15) is 5.10 Å². The second kappa shape index (κ2) is 8.09. The summed E-state index contributed by atoms with van der Waals surface area (Å²) in [5.41, 5.74) is 14.5. The van der Waals surface area contributed by atoms with Crippen LogP contribution in [0.3, 0.4) is 0 Å². The van der Waals surface area contributed by atoms with Crippen LogP contribution in [0.5, 0.6) is 0 Å². The largest absolute Gasteiger partial charge is 0.455 e. The summed E-state index contributed by atoms with van der Waals surface area (Å²) in [7, 11) is 0. The van der Waals surface area contributed by atoms with Crippen LogP contribution in [-0.2, 0) is 6.42 Å². The van der Waals surface area contributed by atoms with Gasteiger partial charge in [-0.3, -0.25) is 4.79 Å². The summed E-state index contributed by atoms with van der Waals surface area (Å²) >= 11 is 0. The molecule has 31 heavy (non-hydrogen) atoms. The van der Waals surface area contributed by atoms with Crippen LogP contribution >= 0.6 is 0 Å². The van der Waals surface area contributed by atoms with Gasteiger partial charge in [0.15, 0.2) is 5.76 Å². The number of nitrogens with two attached hydrogens (primary N) is 2. The molecular weight excluding hydrogens is 392 g/mol. The average molecular weight is 423 g/mol. The molecule has 4 rings (SSSR count). The molecule has 1 aliphatic heterocycles. The molecule has 8 nitrogen and oxygen atoms in total. The first-order valence-electron chi connectivity index (χ1n) is 10.6. The SMILES string of the molecule is Cc1c(C(=O)N2CCN(c3ccccc3)CC2)oc2c1/C(=N\N=C(N)N)CC(C)(C)C2. The minimum atomic E-state index is -0.0915. The van der Waals surface area contributed by atoms with Crippen molar-refractivity contribution in [1.29, 1.82) is 0 Å². The van der Waals surface area contributed by atoms with Gasteiger partial charge in [0, 0.05) is 49.4 Å². The lowest BCUT2D eigenvalue weighted by Gasteiger charge is -2.35. The van der Waals surface area contributed by atoms with Gasteiger partial charge in [0.1, 0.15) is 5.76 Å². The number of guanidine groups is 1. The molecule has 2 heterocycles. The van der Waals surface area contributed by atoms with Crippen LogP contribution in [0.2, 0.25) is 0 Å². The number of nitrogens with zero attached hydrogens (tertiary/aromatic N) is 4. The molecule has 0 radical (unpaired) electrons. The Morgan fingerprint density at radius 2 is 1.74 bits per heavy atom. The van der Waals surface area contributed by atoms with E-state index in [0.717, 1.165) is 42.1 Å². The molecule has 0 bridgehead atoms. The Balaban J connectivity index is 1.57. The molecule has 0 atom stereocenters. The molecular formula is C23H30N6O2. The molecule has 1 fully saturated rings. The molecule has 164 valence electrons. The van der Waals surface area contributed by atoms with Crippen LogP contribution in [0, 0.1) is 12.3 Å². The van der Waals surface area contributed by atoms with Crippen molar-refractivity contribution < 1.29 is 9.21 Å². The van der Waals surface area contributed by atoms with Crippen LogP contribution in [0.25, 0.3) is 0 Å². The highest BCUT2D eigenvalue weighted by Crippen LogP contribution is 2.39. The molecule has 1 amide bonds. The minimum Gasteiger partial charge on any atom is -0.455 e. The molecule has 0 spiro atoms. The van der Waals surface area contributed by atoms with Crippen molar-refractivity contribution in [2.45, 2.75) is 33.6 Å². The number of rotatable bonds is 3. The molecule has 0 saturated carbocycles. The molecule has 0 unspecified atom stereocenters. The van der Waals surface area contributed by atoms with E-state index in [2.05, 4.69) is 41.1 Å². The van der Waals surface area contributed by atoms with Crippen molar-refractivity contribution in [3.63, 3.8) is 0 Å². The van der Waals surface area contributed by atoms with Gasteiger partial charge in [0.2, 0.25) is 5.96 Å². The highest BCUT2D eigenvalue weighted by Gasteiger charge is 2.37. The highest BCUT2D eigenvalue weighted by atomic mass is 16.4. The summed E-state index contributed by atoms with van der Waals surface area (Å²) in [6.45, 7) is 9.09. The number of carbonyl (C=O) groups is 1. The lowest BCUT2D eigenvalue weighted by molar-refractivity contribution is 0.0710. The summed E-state index contributed by atoms with van der Waals surface area (Å²) in [5.74, 6) is 1.02. The first-order valence-corrected chi connectivity index (χ1v) is 10.6. The third-order valence-corrected chi connectivity index (χ3v) is 5.96. The van der Waals surface area contributed by atoms with Crippen LogP contribution in [0.1, 0.15) is 47.7 Å². The van der Waals surface area contributed by atoms with E-state index >= 15 is 0 Å². The maximum Gasteiger partial charge on any atom is 0.289 e.